The van der Waals surface area contributed by atoms with Crippen molar-refractivity contribution in [1.29, 1.82) is 0 Å². The summed E-state index contributed by atoms with van der Waals surface area (Å²) < 4.78 is 0. The van der Waals surface area contributed by atoms with Gasteiger partial charge >= 0.3 is 0 Å². The van der Waals surface area contributed by atoms with E-state index in [1.54, 1.807) is 0 Å². The lowest BCUT2D eigenvalue weighted by Gasteiger charge is -2.25. The maximum atomic E-state index is 12.3. The van der Waals surface area contributed by atoms with Crippen LogP contribution in [-0.2, 0) is 9.59 Å². The molecule has 0 aliphatic carbocycles. The summed E-state index contributed by atoms with van der Waals surface area (Å²) in [7, 11) is 1.93. The molecule has 1 atom stereocenters. The Kier molecular flexibility index (Phi) is 12.1. The third-order valence-electron chi connectivity index (χ3n) is 4.26. The molecule has 0 saturated carbocycles. The van der Waals surface area contributed by atoms with Crippen molar-refractivity contribution in [3.05, 3.63) is 0 Å². The summed E-state index contributed by atoms with van der Waals surface area (Å²) in [6.07, 6.45) is 5.83. The maximum absolute atomic E-state index is 12.3. The average Bonchev–Trinajstić information content (AvgIpc) is 2.95. The summed E-state index contributed by atoms with van der Waals surface area (Å²) >= 11 is 0. The second kappa shape index (κ2) is 12.6. The van der Waals surface area contributed by atoms with Gasteiger partial charge in [-0.05, 0) is 39.2 Å². The standard InChI is InChI=1S/C17H33N3O2.ClH/c1-4-11-19(12-5-2)16(21)9-6-10-17(22)20-13-7-8-15(20)14-18-3;/h15,18H,4-14H2,1-3H3;1H. The van der Waals surface area contributed by atoms with Crippen molar-refractivity contribution in [1.82, 2.24) is 15.1 Å². The number of halogens is 1. The Morgan fingerprint density at radius 2 is 1.83 bits per heavy atom. The molecule has 0 aromatic rings. The van der Waals surface area contributed by atoms with E-state index in [-0.39, 0.29) is 24.2 Å². The minimum atomic E-state index is 0. The molecule has 1 aliphatic heterocycles. The predicted molar refractivity (Wildman–Crippen MR) is 96.9 cm³/mol. The van der Waals surface area contributed by atoms with E-state index in [1.165, 1.54) is 0 Å². The number of nitrogens with one attached hydrogen (secondary N) is 1. The largest absolute Gasteiger partial charge is 0.343 e. The maximum Gasteiger partial charge on any atom is 0.222 e. The van der Waals surface area contributed by atoms with Gasteiger partial charge in [0.05, 0.1) is 0 Å². The summed E-state index contributed by atoms with van der Waals surface area (Å²) in [5.74, 6) is 0.410. The minimum absolute atomic E-state index is 0. The van der Waals surface area contributed by atoms with E-state index in [1.807, 2.05) is 16.8 Å². The molecule has 0 bridgehead atoms. The molecule has 2 amide bonds. The summed E-state index contributed by atoms with van der Waals surface area (Å²) in [5.41, 5.74) is 0. The Bertz CT molecular complexity index is 347. The molecule has 1 heterocycles. The van der Waals surface area contributed by atoms with Crippen LogP contribution in [0.25, 0.3) is 0 Å². The fourth-order valence-corrected chi connectivity index (χ4v) is 3.21. The summed E-state index contributed by atoms with van der Waals surface area (Å²) in [6.45, 7) is 7.58. The van der Waals surface area contributed by atoms with Crippen molar-refractivity contribution in [2.24, 2.45) is 0 Å². The van der Waals surface area contributed by atoms with Gasteiger partial charge in [0.15, 0.2) is 0 Å². The zero-order valence-electron chi connectivity index (χ0n) is 15.0. The number of likely N-dealkylation sites (N-methyl/N-ethyl adjacent to an activating group) is 1. The topological polar surface area (TPSA) is 52.7 Å². The van der Waals surface area contributed by atoms with Crippen molar-refractivity contribution < 1.29 is 9.59 Å². The Morgan fingerprint density at radius 3 is 2.39 bits per heavy atom. The molecule has 136 valence electrons. The van der Waals surface area contributed by atoms with Crippen LogP contribution in [-0.4, -0.2) is 60.9 Å². The van der Waals surface area contributed by atoms with E-state index in [9.17, 15) is 9.59 Å². The first-order valence-electron chi connectivity index (χ1n) is 8.85. The van der Waals surface area contributed by atoms with E-state index in [2.05, 4.69) is 19.2 Å². The van der Waals surface area contributed by atoms with Gasteiger partial charge in [0.25, 0.3) is 0 Å². The zero-order chi connectivity index (χ0) is 16.4. The lowest BCUT2D eigenvalue weighted by atomic mass is 10.1. The van der Waals surface area contributed by atoms with Gasteiger partial charge in [-0.3, -0.25) is 9.59 Å². The highest BCUT2D eigenvalue weighted by molar-refractivity contribution is 5.85. The van der Waals surface area contributed by atoms with Crippen molar-refractivity contribution in [2.75, 3.05) is 33.2 Å². The number of amides is 2. The molecule has 5 nitrogen and oxygen atoms in total. The number of rotatable bonds is 10. The lowest BCUT2D eigenvalue weighted by molar-refractivity contribution is -0.133. The minimum Gasteiger partial charge on any atom is -0.343 e. The molecule has 1 unspecified atom stereocenters. The fraction of sp³-hybridized carbons (Fsp3) is 0.882. The second-order valence-corrected chi connectivity index (χ2v) is 6.18. The van der Waals surface area contributed by atoms with Gasteiger partial charge in [-0.1, -0.05) is 13.8 Å². The molecule has 0 aromatic heterocycles. The first-order chi connectivity index (χ1) is 10.6. The molecule has 1 fully saturated rings. The number of carbonyl (C=O) groups excluding carboxylic acids is 2. The first kappa shape index (κ1) is 22.2. The monoisotopic (exact) mass is 347 g/mol. The van der Waals surface area contributed by atoms with E-state index in [0.29, 0.717) is 25.3 Å². The third-order valence-corrected chi connectivity index (χ3v) is 4.26. The normalized spacial score (nSPS) is 17.0. The number of carbonyl (C=O) groups is 2. The van der Waals surface area contributed by atoms with Gasteiger partial charge in [-0.2, -0.15) is 0 Å². The molecule has 1 N–H and O–H groups in total. The van der Waals surface area contributed by atoms with Crippen LogP contribution in [0.2, 0.25) is 0 Å². The van der Waals surface area contributed by atoms with Crippen LogP contribution in [0.3, 0.4) is 0 Å². The smallest absolute Gasteiger partial charge is 0.222 e. The highest BCUT2D eigenvalue weighted by Crippen LogP contribution is 2.18. The quantitative estimate of drug-likeness (QED) is 0.660. The van der Waals surface area contributed by atoms with Crippen molar-refractivity contribution in [2.45, 2.75) is 64.8 Å². The molecule has 1 saturated heterocycles. The van der Waals surface area contributed by atoms with Crippen molar-refractivity contribution >= 4 is 24.2 Å². The highest BCUT2D eigenvalue weighted by Gasteiger charge is 2.27. The molecule has 1 aliphatic rings. The summed E-state index contributed by atoms with van der Waals surface area (Å²) in [4.78, 5) is 28.4. The highest BCUT2D eigenvalue weighted by atomic mass is 35.5. The number of hydrogen-bond donors (Lipinski definition) is 1. The second-order valence-electron chi connectivity index (χ2n) is 6.18. The van der Waals surface area contributed by atoms with Crippen LogP contribution in [0.4, 0.5) is 0 Å². The number of hydrogen-bond acceptors (Lipinski definition) is 3. The summed E-state index contributed by atoms with van der Waals surface area (Å²) in [6, 6.07) is 0.338. The van der Waals surface area contributed by atoms with E-state index < -0.39 is 0 Å². The van der Waals surface area contributed by atoms with Gasteiger partial charge in [-0.25, -0.2) is 0 Å². The van der Waals surface area contributed by atoms with Crippen LogP contribution in [0.1, 0.15) is 58.8 Å². The van der Waals surface area contributed by atoms with Crippen LogP contribution >= 0.6 is 12.4 Å². The fourth-order valence-electron chi connectivity index (χ4n) is 3.21. The molecular weight excluding hydrogens is 314 g/mol. The van der Waals surface area contributed by atoms with Gasteiger partial charge in [0.2, 0.25) is 11.8 Å². The Balaban J connectivity index is 0.00000484. The molecular formula is C17H34ClN3O2. The lowest BCUT2D eigenvalue weighted by Crippen LogP contribution is -2.40. The van der Waals surface area contributed by atoms with Gasteiger partial charge in [-0.15, -0.1) is 12.4 Å². The number of nitrogens with zero attached hydrogens (tertiary/aromatic N) is 2. The van der Waals surface area contributed by atoms with Crippen LogP contribution < -0.4 is 5.32 Å². The molecule has 0 spiro atoms. The van der Waals surface area contributed by atoms with Crippen molar-refractivity contribution in [3.63, 3.8) is 0 Å². The van der Waals surface area contributed by atoms with E-state index >= 15 is 0 Å². The molecule has 0 aromatic carbocycles. The van der Waals surface area contributed by atoms with Gasteiger partial charge in [0.1, 0.15) is 0 Å². The van der Waals surface area contributed by atoms with Crippen molar-refractivity contribution in [3.8, 4) is 0 Å². The Labute approximate surface area is 147 Å². The van der Waals surface area contributed by atoms with Gasteiger partial charge < -0.3 is 15.1 Å². The summed E-state index contributed by atoms with van der Waals surface area (Å²) in [5, 5.41) is 3.16. The predicted octanol–water partition coefficient (Wildman–Crippen LogP) is 2.44. The third kappa shape index (κ3) is 7.53. The Hall–Kier alpha value is -0.810. The Morgan fingerprint density at radius 1 is 1.17 bits per heavy atom. The number of likely N-dealkylation sites (tertiary alicyclic amines) is 1. The molecule has 23 heavy (non-hydrogen) atoms. The van der Waals surface area contributed by atoms with E-state index in [4.69, 9.17) is 0 Å². The molecule has 1 rings (SSSR count). The van der Waals surface area contributed by atoms with Crippen LogP contribution in [0.5, 0.6) is 0 Å². The SMILES string of the molecule is CCCN(CCC)C(=O)CCCC(=O)N1CCCC1CNC.Cl. The zero-order valence-corrected chi connectivity index (χ0v) is 15.8. The first-order valence-corrected chi connectivity index (χ1v) is 8.85. The van der Waals surface area contributed by atoms with E-state index in [0.717, 1.165) is 51.9 Å². The molecule has 0 radical (unpaired) electrons. The van der Waals surface area contributed by atoms with Gasteiger partial charge in [0, 0.05) is 45.1 Å². The average molecular weight is 348 g/mol. The van der Waals surface area contributed by atoms with Crippen LogP contribution in [0, 0.1) is 0 Å². The molecule has 6 heteroatoms. The van der Waals surface area contributed by atoms with Crippen LogP contribution in [0.15, 0.2) is 0 Å².